The van der Waals surface area contributed by atoms with Crippen LogP contribution in [0.3, 0.4) is 0 Å². The molecule has 0 radical (unpaired) electrons. The summed E-state index contributed by atoms with van der Waals surface area (Å²) in [5.41, 5.74) is 0. The molecule has 4 nitrogen and oxygen atoms in total. The third-order valence-electron chi connectivity index (χ3n) is 2.95. The molecule has 0 spiro atoms. The van der Waals surface area contributed by atoms with Gasteiger partial charge >= 0.3 is 18.1 Å². The van der Waals surface area contributed by atoms with E-state index in [1.165, 1.54) is 0 Å². The third-order valence-corrected chi connectivity index (χ3v) is 2.95. The van der Waals surface area contributed by atoms with Crippen molar-refractivity contribution in [1.29, 1.82) is 0 Å². The number of carboxylic acids is 1. The first-order chi connectivity index (χ1) is 8.23. The summed E-state index contributed by atoms with van der Waals surface area (Å²) in [5, 5.41) is 8.49. The maximum absolute atomic E-state index is 13.2. The van der Waals surface area contributed by atoms with E-state index in [1.54, 1.807) is 0 Å². The molecule has 18 heavy (non-hydrogen) atoms. The van der Waals surface area contributed by atoms with Crippen LogP contribution in [0.15, 0.2) is 0 Å². The number of carbonyl (C=O) groups is 2. The normalized spacial score (nSPS) is 23.3. The van der Waals surface area contributed by atoms with Crippen LogP contribution < -0.4 is 0 Å². The van der Waals surface area contributed by atoms with Crippen LogP contribution in [-0.2, 0) is 9.59 Å². The Bertz CT molecular complexity index is 332. The Balaban J connectivity index is 2.62. The summed E-state index contributed by atoms with van der Waals surface area (Å²) in [7, 11) is 0. The Hall–Kier alpha value is -1.34. The van der Waals surface area contributed by atoms with E-state index in [0.29, 0.717) is 4.90 Å². The van der Waals surface area contributed by atoms with Gasteiger partial charge in [0.1, 0.15) is 0 Å². The van der Waals surface area contributed by atoms with E-state index < -0.39 is 30.1 Å². The highest BCUT2D eigenvalue weighted by Crippen LogP contribution is 2.26. The van der Waals surface area contributed by atoms with Gasteiger partial charge in [0.15, 0.2) is 6.17 Å². The van der Waals surface area contributed by atoms with Gasteiger partial charge in [0.25, 0.3) is 0 Å². The van der Waals surface area contributed by atoms with Crippen molar-refractivity contribution in [3.8, 4) is 0 Å². The first-order valence-electron chi connectivity index (χ1n) is 5.46. The van der Waals surface area contributed by atoms with Gasteiger partial charge in [0.2, 0.25) is 0 Å². The van der Waals surface area contributed by atoms with Crippen LogP contribution in [0, 0.1) is 5.92 Å². The highest BCUT2D eigenvalue weighted by molar-refractivity contribution is 5.81. The molecule has 0 saturated carbocycles. The van der Waals surface area contributed by atoms with Crippen LogP contribution in [0.25, 0.3) is 0 Å². The first kappa shape index (κ1) is 14.7. The van der Waals surface area contributed by atoms with Crippen molar-refractivity contribution in [2.75, 3.05) is 13.1 Å². The monoisotopic (exact) mass is 271 g/mol. The number of alkyl halides is 4. The van der Waals surface area contributed by atoms with E-state index in [2.05, 4.69) is 0 Å². The summed E-state index contributed by atoms with van der Waals surface area (Å²) < 4.78 is 49.8. The molecule has 1 aliphatic heterocycles. The molecular weight excluding hydrogens is 258 g/mol. The molecule has 2 atom stereocenters. The van der Waals surface area contributed by atoms with Gasteiger partial charge in [-0.15, -0.1) is 0 Å². The van der Waals surface area contributed by atoms with Gasteiger partial charge in [-0.3, -0.25) is 4.79 Å². The number of amides is 1. The van der Waals surface area contributed by atoms with Crippen LogP contribution in [0.1, 0.15) is 19.3 Å². The molecule has 1 fully saturated rings. The van der Waals surface area contributed by atoms with Crippen molar-refractivity contribution in [3.05, 3.63) is 0 Å². The lowest BCUT2D eigenvalue weighted by atomic mass is 9.95. The van der Waals surface area contributed by atoms with Crippen LogP contribution >= 0.6 is 0 Å². The largest absolute Gasteiger partial charge is 0.479 e. The Labute approximate surface area is 101 Å². The van der Waals surface area contributed by atoms with Crippen molar-refractivity contribution in [3.63, 3.8) is 0 Å². The molecule has 0 aromatic carbocycles. The highest BCUT2D eigenvalue weighted by atomic mass is 19.4. The molecule has 0 aromatic heterocycles. The van der Waals surface area contributed by atoms with Crippen molar-refractivity contribution in [1.82, 2.24) is 4.90 Å². The number of halogens is 4. The van der Waals surface area contributed by atoms with Crippen LogP contribution in [-0.4, -0.2) is 47.3 Å². The van der Waals surface area contributed by atoms with Gasteiger partial charge in [-0.1, -0.05) is 0 Å². The van der Waals surface area contributed by atoms with E-state index in [0.717, 1.165) is 0 Å². The zero-order chi connectivity index (χ0) is 13.9. The van der Waals surface area contributed by atoms with E-state index in [4.69, 9.17) is 5.11 Å². The first-order valence-corrected chi connectivity index (χ1v) is 5.46. The van der Waals surface area contributed by atoms with Crippen molar-refractivity contribution in [2.24, 2.45) is 5.92 Å². The number of carboxylic acid groups (broad SMARTS) is 1. The lowest BCUT2D eigenvalue weighted by molar-refractivity contribution is -0.185. The average Bonchev–Trinajstić information content (AvgIpc) is 2.50. The van der Waals surface area contributed by atoms with Gasteiger partial charge in [0.05, 0.1) is 0 Å². The van der Waals surface area contributed by atoms with Crippen molar-refractivity contribution < 1.29 is 32.3 Å². The second-order valence-electron chi connectivity index (χ2n) is 4.22. The fourth-order valence-corrected chi connectivity index (χ4v) is 2.00. The van der Waals surface area contributed by atoms with E-state index in [1.807, 2.05) is 0 Å². The van der Waals surface area contributed by atoms with Gasteiger partial charge in [-0.05, 0) is 19.3 Å². The minimum absolute atomic E-state index is 0.0741. The summed E-state index contributed by atoms with van der Waals surface area (Å²) in [4.78, 5) is 22.0. The van der Waals surface area contributed by atoms with Crippen molar-refractivity contribution in [2.45, 2.75) is 31.6 Å². The van der Waals surface area contributed by atoms with Gasteiger partial charge in [-0.2, -0.15) is 13.2 Å². The van der Waals surface area contributed by atoms with Gasteiger partial charge in [-0.25, -0.2) is 9.18 Å². The Kier molecular flexibility index (Phi) is 4.53. The summed E-state index contributed by atoms with van der Waals surface area (Å²) in [5.74, 6) is -4.40. The minimum atomic E-state index is -4.94. The molecular formula is C10H13F4NO3. The summed E-state index contributed by atoms with van der Waals surface area (Å²) in [6.45, 7) is -0.391. The van der Waals surface area contributed by atoms with Crippen LogP contribution in [0.4, 0.5) is 17.6 Å². The Morgan fingerprint density at radius 3 is 2.33 bits per heavy atom. The maximum Gasteiger partial charge on any atom is 0.471 e. The SMILES string of the molecule is O=C(O)C(F)C1CCCN(C(=O)C(F)(F)F)CC1. The maximum atomic E-state index is 13.2. The quantitative estimate of drug-likeness (QED) is 0.776. The molecule has 104 valence electrons. The number of hydrogen-bond donors (Lipinski definition) is 1. The number of hydrogen-bond acceptors (Lipinski definition) is 2. The summed E-state index contributed by atoms with van der Waals surface area (Å²) in [6, 6.07) is 0. The zero-order valence-corrected chi connectivity index (χ0v) is 9.41. The number of rotatable bonds is 2. The second kappa shape index (κ2) is 5.53. The van der Waals surface area contributed by atoms with Crippen LogP contribution in [0.5, 0.6) is 0 Å². The fraction of sp³-hybridized carbons (Fsp3) is 0.800. The number of carbonyl (C=O) groups excluding carboxylic acids is 1. The molecule has 0 aliphatic carbocycles. The second-order valence-corrected chi connectivity index (χ2v) is 4.22. The lowest BCUT2D eigenvalue weighted by Gasteiger charge is -2.21. The molecule has 1 aliphatic rings. The minimum Gasteiger partial charge on any atom is -0.479 e. The molecule has 0 aromatic rings. The standard InChI is InChI=1S/C10H13F4NO3/c11-7(8(16)17)6-2-1-4-15(5-3-6)9(18)10(12,13)14/h6-7H,1-5H2,(H,16,17). The lowest BCUT2D eigenvalue weighted by Crippen LogP contribution is -2.41. The fourth-order valence-electron chi connectivity index (χ4n) is 2.00. The highest BCUT2D eigenvalue weighted by Gasteiger charge is 2.43. The molecule has 2 unspecified atom stereocenters. The molecule has 8 heteroatoms. The van der Waals surface area contributed by atoms with E-state index >= 15 is 0 Å². The van der Waals surface area contributed by atoms with E-state index in [9.17, 15) is 27.2 Å². The molecule has 0 bridgehead atoms. The molecule has 1 saturated heterocycles. The number of aliphatic carboxylic acids is 1. The van der Waals surface area contributed by atoms with Gasteiger partial charge in [0, 0.05) is 19.0 Å². The Morgan fingerprint density at radius 2 is 1.83 bits per heavy atom. The summed E-state index contributed by atoms with van der Waals surface area (Å²) in [6.07, 6.45) is -6.78. The summed E-state index contributed by atoms with van der Waals surface area (Å²) >= 11 is 0. The molecule has 1 rings (SSSR count). The number of nitrogens with zero attached hydrogens (tertiary/aromatic N) is 1. The molecule has 1 heterocycles. The predicted molar refractivity (Wildman–Crippen MR) is 52.5 cm³/mol. The molecule has 1 amide bonds. The van der Waals surface area contributed by atoms with Crippen molar-refractivity contribution >= 4 is 11.9 Å². The van der Waals surface area contributed by atoms with Gasteiger partial charge < -0.3 is 10.0 Å². The van der Waals surface area contributed by atoms with Crippen LogP contribution in [0.2, 0.25) is 0 Å². The third kappa shape index (κ3) is 3.58. The average molecular weight is 271 g/mol. The zero-order valence-electron chi connectivity index (χ0n) is 9.41. The smallest absolute Gasteiger partial charge is 0.471 e. The topological polar surface area (TPSA) is 57.6 Å². The predicted octanol–water partition coefficient (Wildman–Crippen LogP) is 1.60. The molecule has 1 N–H and O–H groups in total. The number of likely N-dealkylation sites (tertiary alicyclic amines) is 1. The van der Waals surface area contributed by atoms with E-state index in [-0.39, 0.29) is 32.4 Å². The Morgan fingerprint density at radius 1 is 1.22 bits per heavy atom.